The first kappa shape index (κ1) is 12.1. The van der Waals surface area contributed by atoms with E-state index in [9.17, 15) is 0 Å². The maximum absolute atomic E-state index is 5.94. The fourth-order valence-electron chi connectivity index (χ4n) is 2.05. The van der Waals surface area contributed by atoms with Crippen molar-refractivity contribution in [2.75, 3.05) is 43.9 Å². The zero-order valence-corrected chi connectivity index (χ0v) is 10.9. The van der Waals surface area contributed by atoms with E-state index >= 15 is 0 Å². The second kappa shape index (κ2) is 4.87. The number of likely N-dealkylation sites (N-methyl/N-ethyl adjacent to an activating group) is 1. The van der Waals surface area contributed by atoms with Crippen molar-refractivity contribution in [2.45, 2.75) is 20.3 Å². The predicted octanol–water partition coefficient (Wildman–Crippen LogP) is 0.681. The smallest absolute Gasteiger partial charge is 0.137 e. The molecule has 17 heavy (non-hydrogen) atoms. The highest BCUT2D eigenvalue weighted by Crippen LogP contribution is 2.22. The molecule has 1 aliphatic rings. The Hall–Kier alpha value is -1.36. The number of aryl methyl sites for hydroxylation is 1. The molecule has 1 aromatic rings. The molecule has 0 bridgehead atoms. The molecular weight excluding hydrogens is 214 g/mol. The van der Waals surface area contributed by atoms with Gasteiger partial charge in [0, 0.05) is 38.2 Å². The molecule has 0 amide bonds. The highest BCUT2D eigenvalue weighted by Gasteiger charge is 2.19. The van der Waals surface area contributed by atoms with E-state index in [2.05, 4.69) is 33.7 Å². The predicted molar refractivity (Wildman–Crippen MR) is 70.3 cm³/mol. The lowest BCUT2D eigenvalue weighted by Crippen LogP contribution is -2.45. The lowest BCUT2D eigenvalue weighted by atomic mass is 10.2. The Morgan fingerprint density at radius 2 is 1.82 bits per heavy atom. The highest BCUT2D eigenvalue weighted by molar-refractivity contribution is 5.56. The molecule has 0 aromatic carbocycles. The largest absolute Gasteiger partial charge is 0.383 e. The number of aromatic nitrogens is 2. The molecule has 0 aliphatic carbocycles. The minimum absolute atomic E-state index is 0.616. The van der Waals surface area contributed by atoms with Crippen LogP contribution < -0.4 is 10.6 Å². The SMILES string of the molecule is CCc1nc(N)c(C)c(N2CCN(C)CC2)n1. The van der Waals surface area contributed by atoms with Gasteiger partial charge >= 0.3 is 0 Å². The van der Waals surface area contributed by atoms with Crippen LogP contribution in [0.15, 0.2) is 0 Å². The highest BCUT2D eigenvalue weighted by atomic mass is 15.3. The normalized spacial score (nSPS) is 17.5. The topological polar surface area (TPSA) is 58.3 Å². The first-order valence-electron chi connectivity index (χ1n) is 6.18. The van der Waals surface area contributed by atoms with Crippen LogP contribution in [-0.4, -0.2) is 48.1 Å². The van der Waals surface area contributed by atoms with Gasteiger partial charge in [0.2, 0.25) is 0 Å². The molecule has 0 radical (unpaired) electrons. The minimum Gasteiger partial charge on any atom is -0.383 e. The summed E-state index contributed by atoms with van der Waals surface area (Å²) in [4.78, 5) is 13.6. The zero-order valence-electron chi connectivity index (χ0n) is 10.9. The summed E-state index contributed by atoms with van der Waals surface area (Å²) >= 11 is 0. The Labute approximate surface area is 103 Å². The molecule has 1 aliphatic heterocycles. The van der Waals surface area contributed by atoms with E-state index in [0.717, 1.165) is 49.8 Å². The Morgan fingerprint density at radius 3 is 2.41 bits per heavy atom. The summed E-state index contributed by atoms with van der Waals surface area (Å²) in [6.07, 6.45) is 0.825. The molecule has 1 saturated heterocycles. The van der Waals surface area contributed by atoms with E-state index in [-0.39, 0.29) is 0 Å². The Balaban J connectivity index is 2.27. The minimum atomic E-state index is 0.616. The summed E-state index contributed by atoms with van der Waals surface area (Å²) in [5.41, 5.74) is 6.95. The number of anilines is 2. The molecular formula is C12H21N5. The van der Waals surface area contributed by atoms with E-state index < -0.39 is 0 Å². The Morgan fingerprint density at radius 1 is 1.18 bits per heavy atom. The van der Waals surface area contributed by atoms with Crippen molar-refractivity contribution < 1.29 is 0 Å². The van der Waals surface area contributed by atoms with Gasteiger partial charge in [0.05, 0.1) is 0 Å². The van der Waals surface area contributed by atoms with E-state index in [4.69, 9.17) is 5.73 Å². The number of hydrogen-bond donors (Lipinski definition) is 1. The van der Waals surface area contributed by atoms with Crippen molar-refractivity contribution >= 4 is 11.6 Å². The van der Waals surface area contributed by atoms with Crippen molar-refractivity contribution in [1.82, 2.24) is 14.9 Å². The van der Waals surface area contributed by atoms with Crippen LogP contribution in [-0.2, 0) is 6.42 Å². The average molecular weight is 235 g/mol. The summed E-state index contributed by atoms with van der Waals surface area (Å²) in [5.74, 6) is 2.47. The molecule has 0 saturated carbocycles. The fraction of sp³-hybridized carbons (Fsp3) is 0.667. The fourth-order valence-corrected chi connectivity index (χ4v) is 2.05. The average Bonchev–Trinajstić information content (AvgIpc) is 2.34. The summed E-state index contributed by atoms with van der Waals surface area (Å²) in [7, 11) is 2.15. The molecule has 2 rings (SSSR count). The van der Waals surface area contributed by atoms with Crippen LogP contribution in [0.5, 0.6) is 0 Å². The van der Waals surface area contributed by atoms with Crippen molar-refractivity contribution in [3.63, 3.8) is 0 Å². The van der Waals surface area contributed by atoms with Crippen LogP contribution in [0.3, 0.4) is 0 Å². The van der Waals surface area contributed by atoms with Crippen LogP contribution in [0.25, 0.3) is 0 Å². The van der Waals surface area contributed by atoms with E-state index in [1.165, 1.54) is 0 Å². The van der Waals surface area contributed by atoms with E-state index in [1.54, 1.807) is 0 Å². The monoisotopic (exact) mass is 235 g/mol. The van der Waals surface area contributed by atoms with Gasteiger partial charge in [-0.3, -0.25) is 0 Å². The number of rotatable bonds is 2. The van der Waals surface area contributed by atoms with Gasteiger partial charge in [-0.2, -0.15) is 0 Å². The molecule has 5 nitrogen and oxygen atoms in total. The standard InChI is InChI=1S/C12H21N5/c1-4-10-14-11(13)9(2)12(15-10)17-7-5-16(3)6-8-17/h4-8H2,1-3H3,(H2,13,14,15). The van der Waals surface area contributed by atoms with Crippen LogP contribution in [0.2, 0.25) is 0 Å². The van der Waals surface area contributed by atoms with Gasteiger partial charge in [-0.05, 0) is 14.0 Å². The van der Waals surface area contributed by atoms with E-state index in [1.807, 2.05) is 6.92 Å². The van der Waals surface area contributed by atoms with E-state index in [0.29, 0.717) is 5.82 Å². The zero-order chi connectivity index (χ0) is 12.4. The third kappa shape index (κ3) is 2.49. The van der Waals surface area contributed by atoms with Crippen LogP contribution in [0.1, 0.15) is 18.3 Å². The number of hydrogen-bond acceptors (Lipinski definition) is 5. The van der Waals surface area contributed by atoms with Crippen molar-refractivity contribution in [3.05, 3.63) is 11.4 Å². The second-order valence-electron chi connectivity index (χ2n) is 4.62. The van der Waals surface area contributed by atoms with Crippen molar-refractivity contribution in [1.29, 1.82) is 0 Å². The Kier molecular flexibility index (Phi) is 3.47. The summed E-state index contributed by atoms with van der Waals surface area (Å²) in [6, 6.07) is 0. The lowest BCUT2D eigenvalue weighted by molar-refractivity contribution is 0.312. The summed E-state index contributed by atoms with van der Waals surface area (Å²) < 4.78 is 0. The second-order valence-corrected chi connectivity index (χ2v) is 4.62. The first-order chi connectivity index (χ1) is 8.11. The number of nitrogen functional groups attached to an aromatic ring is 1. The van der Waals surface area contributed by atoms with Gasteiger partial charge in [-0.1, -0.05) is 6.92 Å². The van der Waals surface area contributed by atoms with Crippen LogP contribution in [0.4, 0.5) is 11.6 Å². The van der Waals surface area contributed by atoms with Gasteiger partial charge in [-0.25, -0.2) is 9.97 Å². The quantitative estimate of drug-likeness (QED) is 0.817. The van der Waals surface area contributed by atoms with Crippen LogP contribution in [0, 0.1) is 6.92 Å². The van der Waals surface area contributed by atoms with Gasteiger partial charge in [0.25, 0.3) is 0 Å². The summed E-state index contributed by atoms with van der Waals surface area (Å²) in [6.45, 7) is 8.23. The molecule has 0 spiro atoms. The van der Waals surface area contributed by atoms with Gasteiger partial charge in [-0.15, -0.1) is 0 Å². The summed E-state index contributed by atoms with van der Waals surface area (Å²) in [5, 5.41) is 0. The molecule has 5 heteroatoms. The third-order valence-electron chi connectivity index (χ3n) is 3.32. The third-order valence-corrected chi connectivity index (χ3v) is 3.32. The number of nitrogens with two attached hydrogens (primary N) is 1. The van der Waals surface area contributed by atoms with Gasteiger partial charge in [0.1, 0.15) is 17.5 Å². The van der Waals surface area contributed by atoms with Gasteiger partial charge in [0.15, 0.2) is 0 Å². The lowest BCUT2D eigenvalue weighted by Gasteiger charge is -2.34. The molecule has 0 unspecified atom stereocenters. The molecule has 1 fully saturated rings. The number of nitrogens with zero attached hydrogens (tertiary/aromatic N) is 4. The Bertz CT molecular complexity index is 396. The van der Waals surface area contributed by atoms with Crippen LogP contribution >= 0.6 is 0 Å². The van der Waals surface area contributed by atoms with Crippen molar-refractivity contribution in [2.24, 2.45) is 0 Å². The maximum atomic E-state index is 5.94. The van der Waals surface area contributed by atoms with Gasteiger partial charge < -0.3 is 15.5 Å². The first-order valence-corrected chi connectivity index (χ1v) is 6.18. The molecule has 0 atom stereocenters. The maximum Gasteiger partial charge on any atom is 0.137 e. The molecule has 94 valence electrons. The van der Waals surface area contributed by atoms with Crippen molar-refractivity contribution in [3.8, 4) is 0 Å². The number of piperazine rings is 1. The molecule has 1 aromatic heterocycles. The molecule has 2 N–H and O–H groups in total. The molecule has 2 heterocycles.